The minimum absolute atomic E-state index is 0.159. The van der Waals surface area contributed by atoms with Crippen molar-refractivity contribution in [3.05, 3.63) is 33.7 Å². The van der Waals surface area contributed by atoms with Gasteiger partial charge in [-0.2, -0.15) is 5.26 Å². The van der Waals surface area contributed by atoms with Crippen LogP contribution in [0.25, 0.3) is 0 Å². The van der Waals surface area contributed by atoms with Gasteiger partial charge in [0.05, 0.1) is 13.2 Å². The average Bonchev–Trinajstić information content (AvgIpc) is 2.34. The number of nitrogens with two attached hydrogens (primary N) is 1. The number of nitriles is 1. The van der Waals surface area contributed by atoms with Crippen molar-refractivity contribution >= 4 is 0 Å². The maximum absolute atomic E-state index is 12.2. The van der Waals surface area contributed by atoms with Gasteiger partial charge in [0.15, 0.2) is 0 Å². The number of hydrogen-bond acceptors (Lipinski definition) is 4. The lowest BCUT2D eigenvalue weighted by molar-refractivity contribution is 0.131. The minimum atomic E-state index is -0.258. The Morgan fingerprint density at radius 1 is 1.37 bits per heavy atom. The molecule has 0 aliphatic carbocycles. The lowest BCUT2D eigenvalue weighted by Gasteiger charge is -2.24. The van der Waals surface area contributed by atoms with Crippen LogP contribution in [0.5, 0.6) is 0 Å². The molecule has 0 saturated heterocycles. The summed E-state index contributed by atoms with van der Waals surface area (Å²) in [7, 11) is 0. The van der Waals surface area contributed by atoms with E-state index in [1.807, 2.05) is 32.9 Å². The highest BCUT2D eigenvalue weighted by Gasteiger charge is 2.20. The molecule has 0 aliphatic rings. The molecular formula is C14H21N3O2. The maximum atomic E-state index is 12.2. The third-order valence-electron chi connectivity index (χ3n) is 2.78. The SMILES string of the molecule is CC(C)(C)c1ccc(C#N)c(=O)n1CCOCCN. The van der Waals surface area contributed by atoms with E-state index >= 15 is 0 Å². The van der Waals surface area contributed by atoms with Gasteiger partial charge >= 0.3 is 0 Å². The van der Waals surface area contributed by atoms with Crippen LogP contribution in [-0.4, -0.2) is 24.3 Å². The van der Waals surface area contributed by atoms with E-state index in [4.69, 9.17) is 15.7 Å². The van der Waals surface area contributed by atoms with Gasteiger partial charge in [0.2, 0.25) is 0 Å². The van der Waals surface area contributed by atoms with Gasteiger partial charge in [0.1, 0.15) is 11.6 Å². The lowest BCUT2D eigenvalue weighted by Crippen LogP contribution is -2.32. The van der Waals surface area contributed by atoms with E-state index in [1.165, 1.54) is 0 Å². The number of pyridine rings is 1. The predicted molar refractivity (Wildman–Crippen MR) is 74.0 cm³/mol. The zero-order valence-electron chi connectivity index (χ0n) is 11.8. The summed E-state index contributed by atoms with van der Waals surface area (Å²) in [5, 5.41) is 8.94. The average molecular weight is 263 g/mol. The van der Waals surface area contributed by atoms with Crippen molar-refractivity contribution in [2.45, 2.75) is 32.7 Å². The molecule has 104 valence electrons. The first-order valence-electron chi connectivity index (χ1n) is 6.34. The molecule has 0 radical (unpaired) electrons. The standard InChI is InChI=1S/C14H21N3O2/c1-14(2,3)12-5-4-11(10-16)13(18)17(12)7-9-19-8-6-15/h4-5H,6-9,15H2,1-3H3. The highest BCUT2D eigenvalue weighted by molar-refractivity contribution is 5.29. The van der Waals surface area contributed by atoms with Gasteiger partial charge in [0, 0.05) is 24.2 Å². The molecule has 0 saturated carbocycles. The third-order valence-corrected chi connectivity index (χ3v) is 2.78. The van der Waals surface area contributed by atoms with Gasteiger partial charge in [-0.3, -0.25) is 4.79 Å². The smallest absolute Gasteiger partial charge is 0.268 e. The van der Waals surface area contributed by atoms with Gasteiger partial charge < -0.3 is 15.0 Å². The Balaban J connectivity index is 3.10. The normalized spacial score (nSPS) is 11.3. The Morgan fingerprint density at radius 2 is 2.05 bits per heavy atom. The van der Waals surface area contributed by atoms with Crippen molar-refractivity contribution < 1.29 is 4.74 Å². The number of nitrogens with zero attached hydrogens (tertiary/aromatic N) is 2. The van der Waals surface area contributed by atoms with Crippen LogP contribution in [0.4, 0.5) is 0 Å². The third kappa shape index (κ3) is 3.91. The summed E-state index contributed by atoms with van der Waals surface area (Å²) in [6.45, 7) is 7.87. The largest absolute Gasteiger partial charge is 0.378 e. The quantitative estimate of drug-likeness (QED) is 0.803. The van der Waals surface area contributed by atoms with Crippen LogP contribution in [0.2, 0.25) is 0 Å². The van der Waals surface area contributed by atoms with Crippen molar-refractivity contribution in [3.63, 3.8) is 0 Å². The molecule has 0 unspecified atom stereocenters. The Bertz CT molecular complexity index is 521. The molecule has 1 aromatic heterocycles. The molecule has 0 fully saturated rings. The Hall–Kier alpha value is -1.64. The molecule has 2 N–H and O–H groups in total. The van der Waals surface area contributed by atoms with E-state index in [1.54, 1.807) is 10.6 Å². The number of hydrogen-bond donors (Lipinski definition) is 1. The van der Waals surface area contributed by atoms with Crippen LogP contribution in [0, 0.1) is 11.3 Å². The van der Waals surface area contributed by atoms with Gasteiger partial charge in [-0.15, -0.1) is 0 Å². The fourth-order valence-electron chi connectivity index (χ4n) is 1.88. The highest BCUT2D eigenvalue weighted by Crippen LogP contribution is 2.21. The summed E-state index contributed by atoms with van der Waals surface area (Å²) in [6.07, 6.45) is 0. The second-order valence-corrected chi connectivity index (χ2v) is 5.35. The first-order valence-corrected chi connectivity index (χ1v) is 6.34. The van der Waals surface area contributed by atoms with Crippen molar-refractivity contribution in [2.24, 2.45) is 5.73 Å². The van der Waals surface area contributed by atoms with E-state index in [0.717, 1.165) is 5.69 Å². The summed E-state index contributed by atoms with van der Waals surface area (Å²) in [5.41, 5.74) is 5.98. The van der Waals surface area contributed by atoms with Crippen molar-refractivity contribution in [1.82, 2.24) is 4.57 Å². The van der Waals surface area contributed by atoms with Gasteiger partial charge in [-0.1, -0.05) is 20.8 Å². The van der Waals surface area contributed by atoms with Gasteiger partial charge in [0.25, 0.3) is 5.56 Å². The van der Waals surface area contributed by atoms with E-state index in [0.29, 0.717) is 26.3 Å². The Kier molecular flexibility index (Phi) is 5.28. The summed E-state index contributed by atoms with van der Waals surface area (Å²) < 4.78 is 6.94. The Labute approximate surface area is 113 Å². The summed E-state index contributed by atoms with van der Waals surface area (Å²) in [4.78, 5) is 12.2. The molecule has 1 rings (SSSR count). The molecule has 0 amide bonds. The van der Waals surface area contributed by atoms with E-state index in [2.05, 4.69) is 0 Å². The Morgan fingerprint density at radius 3 is 2.58 bits per heavy atom. The first-order chi connectivity index (χ1) is 8.91. The molecule has 1 heterocycles. The number of ether oxygens (including phenoxy) is 1. The fraction of sp³-hybridized carbons (Fsp3) is 0.571. The van der Waals surface area contributed by atoms with Crippen LogP contribution in [0.3, 0.4) is 0 Å². The lowest BCUT2D eigenvalue weighted by atomic mass is 9.91. The molecule has 19 heavy (non-hydrogen) atoms. The number of aromatic nitrogens is 1. The predicted octanol–water partition coefficient (Wildman–Crippen LogP) is 0.993. The molecule has 0 aromatic carbocycles. The van der Waals surface area contributed by atoms with Gasteiger partial charge in [-0.05, 0) is 12.1 Å². The van der Waals surface area contributed by atoms with Crippen molar-refractivity contribution in [2.75, 3.05) is 19.8 Å². The molecule has 0 bridgehead atoms. The van der Waals surface area contributed by atoms with Crippen molar-refractivity contribution in [1.29, 1.82) is 5.26 Å². The molecule has 5 heteroatoms. The fourth-order valence-corrected chi connectivity index (χ4v) is 1.88. The molecular weight excluding hydrogens is 242 g/mol. The molecule has 0 aliphatic heterocycles. The zero-order chi connectivity index (χ0) is 14.5. The van der Waals surface area contributed by atoms with E-state index in [-0.39, 0.29) is 16.5 Å². The second-order valence-electron chi connectivity index (χ2n) is 5.35. The van der Waals surface area contributed by atoms with E-state index in [9.17, 15) is 4.79 Å². The summed E-state index contributed by atoms with van der Waals surface area (Å²) in [6, 6.07) is 5.34. The zero-order valence-corrected chi connectivity index (χ0v) is 11.8. The monoisotopic (exact) mass is 263 g/mol. The topological polar surface area (TPSA) is 81.0 Å². The van der Waals surface area contributed by atoms with Crippen LogP contribution in [-0.2, 0) is 16.7 Å². The maximum Gasteiger partial charge on any atom is 0.268 e. The van der Waals surface area contributed by atoms with Crippen LogP contribution < -0.4 is 11.3 Å². The van der Waals surface area contributed by atoms with Crippen LogP contribution in [0.15, 0.2) is 16.9 Å². The summed E-state index contributed by atoms with van der Waals surface area (Å²) >= 11 is 0. The molecule has 1 aromatic rings. The molecule has 0 spiro atoms. The van der Waals surface area contributed by atoms with Crippen LogP contribution >= 0.6 is 0 Å². The second kappa shape index (κ2) is 6.50. The van der Waals surface area contributed by atoms with Crippen molar-refractivity contribution in [3.8, 4) is 6.07 Å². The van der Waals surface area contributed by atoms with Crippen LogP contribution in [0.1, 0.15) is 32.0 Å². The summed E-state index contributed by atoms with van der Waals surface area (Å²) in [5.74, 6) is 0. The van der Waals surface area contributed by atoms with Gasteiger partial charge in [-0.25, -0.2) is 0 Å². The number of rotatable bonds is 5. The minimum Gasteiger partial charge on any atom is -0.378 e. The van der Waals surface area contributed by atoms with E-state index < -0.39 is 0 Å². The first kappa shape index (κ1) is 15.4. The molecule has 0 atom stereocenters. The molecule has 5 nitrogen and oxygen atoms in total. The highest BCUT2D eigenvalue weighted by atomic mass is 16.5.